The van der Waals surface area contributed by atoms with Crippen LogP contribution in [0, 0.1) is 0 Å². The Kier molecular flexibility index (Phi) is 4.92. The maximum Gasteiger partial charge on any atom is 0.143 e. The van der Waals surface area contributed by atoms with E-state index in [4.69, 9.17) is 5.26 Å². The average Bonchev–Trinajstić information content (AvgIpc) is 2.61. The fourth-order valence-corrected chi connectivity index (χ4v) is 2.53. The molecule has 122 valence electrons. The fourth-order valence-electron chi connectivity index (χ4n) is 2.14. The molecule has 8 heteroatoms. The standard InChI is InChI=1S/C16H12N2O5S/c19-14-8-6-11(24-23-22-21)9-13(14)17-18-16-12-4-2-1-3-10(12)5-7-15(16)20/h1-9,19-21H. The Balaban J connectivity index is 1.98. The van der Waals surface area contributed by atoms with Crippen molar-refractivity contribution >= 4 is 34.2 Å². The molecule has 0 aromatic heterocycles. The summed E-state index contributed by atoms with van der Waals surface area (Å²) in [6.07, 6.45) is 0. The number of phenolic OH excluding ortho intramolecular Hbond substituents is 2. The van der Waals surface area contributed by atoms with Crippen molar-refractivity contribution in [2.75, 3.05) is 0 Å². The van der Waals surface area contributed by atoms with Crippen LogP contribution in [0.1, 0.15) is 0 Å². The van der Waals surface area contributed by atoms with Crippen LogP contribution in [-0.2, 0) is 9.37 Å². The lowest BCUT2D eigenvalue weighted by Gasteiger charge is -2.04. The van der Waals surface area contributed by atoms with E-state index in [1.54, 1.807) is 12.1 Å². The van der Waals surface area contributed by atoms with E-state index in [1.807, 2.05) is 24.3 Å². The summed E-state index contributed by atoms with van der Waals surface area (Å²) in [6.45, 7) is 0. The predicted molar refractivity (Wildman–Crippen MR) is 88.6 cm³/mol. The van der Waals surface area contributed by atoms with E-state index in [9.17, 15) is 10.2 Å². The zero-order chi connectivity index (χ0) is 16.9. The van der Waals surface area contributed by atoms with Gasteiger partial charge in [0.15, 0.2) is 0 Å². The molecule has 0 amide bonds. The Bertz CT molecular complexity index is 901. The molecule has 0 fully saturated rings. The summed E-state index contributed by atoms with van der Waals surface area (Å²) >= 11 is 0.736. The molecule has 0 unspecified atom stereocenters. The maximum absolute atomic E-state index is 10.0. The molecule has 24 heavy (non-hydrogen) atoms. The van der Waals surface area contributed by atoms with Crippen LogP contribution in [-0.4, -0.2) is 15.5 Å². The van der Waals surface area contributed by atoms with Crippen molar-refractivity contribution in [3.05, 3.63) is 54.6 Å². The number of rotatable bonds is 5. The highest BCUT2D eigenvalue weighted by Gasteiger charge is 2.08. The summed E-state index contributed by atoms with van der Waals surface area (Å²) in [5.41, 5.74) is 0.481. The monoisotopic (exact) mass is 344 g/mol. The second kappa shape index (κ2) is 7.28. The zero-order valence-corrected chi connectivity index (χ0v) is 13.0. The molecule has 0 radical (unpaired) electrons. The first kappa shape index (κ1) is 16.2. The van der Waals surface area contributed by atoms with Crippen molar-refractivity contribution in [1.82, 2.24) is 0 Å². The van der Waals surface area contributed by atoms with E-state index in [0.717, 1.165) is 22.8 Å². The lowest BCUT2D eigenvalue weighted by atomic mass is 10.1. The van der Waals surface area contributed by atoms with E-state index in [1.165, 1.54) is 18.2 Å². The first-order valence-corrected chi connectivity index (χ1v) is 7.53. The van der Waals surface area contributed by atoms with Crippen molar-refractivity contribution in [2.45, 2.75) is 4.90 Å². The minimum atomic E-state index is -0.0901. The topological polar surface area (TPSA) is 104 Å². The molecule has 0 aliphatic rings. The van der Waals surface area contributed by atoms with Crippen molar-refractivity contribution in [3.63, 3.8) is 0 Å². The van der Waals surface area contributed by atoms with Crippen LogP contribution in [0.15, 0.2) is 69.7 Å². The third kappa shape index (κ3) is 3.47. The summed E-state index contributed by atoms with van der Waals surface area (Å²) in [7, 11) is 0. The molecule has 7 nitrogen and oxygen atoms in total. The van der Waals surface area contributed by atoms with Crippen LogP contribution in [0.2, 0.25) is 0 Å². The van der Waals surface area contributed by atoms with Crippen molar-refractivity contribution in [1.29, 1.82) is 0 Å². The van der Waals surface area contributed by atoms with Gasteiger partial charge in [-0.25, -0.2) is 5.26 Å². The van der Waals surface area contributed by atoms with Gasteiger partial charge in [0.2, 0.25) is 0 Å². The van der Waals surface area contributed by atoms with Crippen LogP contribution < -0.4 is 0 Å². The molecule has 3 aromatic rings. The Hall–Kier alpha value is -2.65. The molecule has 0 atom stereocenters. The fraction of sp³-hybridized carbons (Fsp3) is 0. The average molecular weight is 344 g/mol. The number of benzene rings is 3. The van der Waals surface area contributed by atoms with E-state index in [-0.39, 0.29) is 17.2 Å². The molecular weight excluding hydrogens is 332 g/mol. The van der Waals surface area contributed by atoms with Gasteiger partial charge in [-0.15, -0.1) is 14.6 Å². The molecule has 0 saturated carbocycles. The Labute approximate surface area is 140 Å². The first-order chi connectivity index (χ1) is 11.7. The summed E-state index contributed by atoms with van der Waals surface area (Å²) in [5, 5.41) is 41.3. The molecule has 0 saturated heterocycles. The SMILES string of the molecule is OOOSc1ccc(O)c(N=Nc2c(O)ccc3ccccc23)c1. The smallest absolute Gasteiger partial charge is 0.143 e. The molecule has 0 aliphatic carbocycles. The minimum absolute atomic E-state index is 0.0144. The van der Waals surface area contributed by atoms with Gasteiger partial charge < -0.3 is 10.2 Å². The van der Waals surface area contributed by atoms with Crippen molar-refractivity contribution in [3.8, 4) is 11.5 Å². The largest absolute Gasteiger partial charge is 0.506 e. The molecule has 0 heterocycles. The summed E-state index contributed by atoms with van der Waals surface area (Å²) in [4.78, 5) is 0.526. The summed E-state index contributed by atoms with van der Waals surface area (Å²) in [6, 6.07) is 15.2. The third-order valence-electron chi connectivity index (χ3n) is 3.24. The van der Waals surface area contributed by atoms with Crippen LogP contribution in [0.3, 0.4) is 0 Å². The van der Waals surface area contributed by atoms with E-state index in [2.05, 4.69) is 19.6 Å². The highest BCUT2D eigenvalue weighted by atomic mass is 32.2. The first-order valence-electron chi connectivity index (χ1n) is 6.79. The van der Waals surface area contributed by atoms with Gasteiger partial charge >= 0.3 is 0 Å². The number of aromatic hydroxyl groups is 2. The van der Waals surface area contributed by atoms with E-state index in [0.29, 0.717) is 10.6 Å². The zero-order valence-electron chi connectivity index (χ0n) is 12.2. The van der Waals surface area contributed by atoms with Gasteiger partial charge in [0, 0.05) is 10.3 Å². The minimum Gasteiger partial charge on any atom is -0.506 e. The van der Waals surface area contributed by atoms with Gasteiger partial charge in [-0.1, -0.05) is 35.4 Å². The number of phenols is 2. The van der Waals surface area contributed by atoms with Gasteiger partial charge in [0.1, 0.15) is 22.9 Å². The molecule has 3 rings (SSSR count). The van der Waals surface area contributed by atoms with Crippen LogP contribution in [0.4, 0.5) is 11.4 Å². The number of hydrogen-bond acceptors (Lipinski definition) is 8. The lowest BCUT2D eigenvalue weighted by Crippen LogP contribution is -1.79. The number of fused-ring (bicyclic) bond motifs is 1. The van der Waals surface area contributed by atoms with E-state index >= 15 is 0 Å². The molecule has 0 spiro atoms. The summed E-state index contributed by atoms with van der Waals surface area (Å²) in [5.74, 6) is -0.104. The Morgan fingerprint density at radius 3 is 2.50 bits per heavy atom. The van der Waals surface area contributed by atoms with Gasteiger partial charge in [-0.2, -0.15) is 0 Å². The van der Waals surface area contributed by atoms with Crippen LogP contribution >= 0.6 is 12.0 Å². The molecule has 3 N–H and O–H groups in total. The molecule has 0 bridgehead atoms. The van der Waals surface area contributed by atoms with E-state index < -0.39 is 0 Å². The maximum atomic E-state index is 10.0. The molecule has 0 aliphatic heterocycles. The normalized spacial score (nSPS) is 11.4. The predicted octanol–water partition coefficient (Wildman–Crippen LogP) is 5.09. The molecular formula is C16H12N2O5S. The van der Waals surface area contributed by atoms with Gasteiger partial charge in [-0.05, 0) is 29.7 Å². The Morgan fingerprint density at radius 1 is 0.875 bits per heavy atom. The summed E-state index contributed by atoms with van der Waals surface area (Å²) < 4.78 is 4.33. The van der Waals surface area contributed by atoms with Crippen molar-refractivity contribution in [2.24, 2.45) is 10.2 Å². The number of azo groups is 1. The highest BCUT2D eigenvalue weighted by molar-refractivity contribution is 7.94. The van der Waals surface area contributed by atoms with Gasteiger partial charge in [0.05, 0.1) is 12.0 Å². The van der Waals surface area contributed by atoms with Crippen LogP contribution in [0.25, 0.3) is 10.8 Å². The number of hydrogen-bond donors (Lipinski definition) is 3. The number of nitrogens with zero attached hydrogens (tertiary/aromatic N) is 2. The van der Waals surface area contributed by atoms with Gasteiger partial charge in [0.25, 0.3) is 0 Å². The van der Waals surface area contributed by atoms with Gasteiger partial charge in [-0.3, -0.25) is 0 Å². The lowest BCUT2D eigenvalue weighted by molar-refractivity contribution is -0.432. The third-order valence-corrected chi connectivity index (χ3v) is 3.82. The van der Waals surface area contributed by atoms with Crippen LogP contribution in [0.5, 0.6) is 11.5 Å². The second-order valence-electron chi connectivity index (χ2n) is 4.73. The quantitative estimate of drug-likeness (QED) is 0.258. The highest BCUT2D eigenvalue weighted by Crippen LogP contribution is 2.38. The van der Waals surface area contributed by atoms with Crippen molar-refractivity contribution < 1.29 is 24.8 Å². The Morgan fingerprint density at radius 2 is 1.67 bits per heavy atom. The molecule has 3 aromatic carbocycles. The second-order valence-corrected chi connectivity index (χ2v) is 5.51.